The van der Waals surface area contributed by atoms with Crippen LogP contribution in [0.2, 0.25) is 5.02 Å². The number of carbonyl (C=O) groups is 1. The van der Waals surface area contributed by atoms with E-state index in [1.165, 1.54) is 24.5 Å². The second kappa shape index (κ2) is 7.69. The number of hydrogen-bond donors (Lipinski definition) is 2. The number of benzene rings is 1. The minimum absolute atomic E-state index is 0.0267. The standard InChI is InChI=1S/C16H16ClF3N4O/c1-9(2)6-23-15(25)13-7-22-14(8-21-13)24-12-4-3-10(17)5-11(12)16(18,19)20/h3-5,7-9H,6H2,1-2H3,(H,22,24)(H,23,25). The molecule has 0 spiro atoms. The predicted octanol–water partition coefficient (Wildman–Crippen LogP) is 4.28. The molecule has 2 rings (SSSR count). The topological polar surface area (TPSA) is 66.9 Å². The molecule has 0 radical (unpaired) electrons. The quantitative estimate of drug-likeness (QED) is 0.822. The third-order valence-electron chi connectivity index (χ3n) is 3.11. The van der Waals surface area contributed by atoms with Crippen LogP contribution in [-0.2, 0) is 6.18 Å². The lowest BCUT2D eigenvalue weighted by molar-refractivity contribution is -0.136. The van der Waals surface area contributed by atoms with Gasteiger partial charge in [-0.3, -0.25) is 4.79 Å². The van der Waals surface area contributed by atoms with E-state index in [0.29, 0.717) is 6.54 Å². The summed E-state index contributed by atoms with van der Waals surface area (Å²) in [6.07, 6.45) is -2.18. The van der Waals surface area contributed by atoms with Gasteiger partial charge in [-0.15, -0.1) is 0 Å². The van der Waals surface area contributed by atoms with Crippen molar-refractivity contribution in [1.29, 1.82) is 0 Å². The molecule has 1 aromatic heterocycles. The molecular weight excluding hydrogens is 357 g/mol. The summed E-state index contributed by atoms with van der Waals surface area (Å²) in [5.41, 5.74) is -1.04. The zero-order valence-corrected chi connectivity index (χ0v) is 14.2. The van der Waals surface area contributed by atoms with E-state index in [4.69, 9.17) is 11.6 Å². The van der Waals surface area contributed by atoms with Crippen LogP contribution in [0, 0.1) is 5.92 Å². The minimum Gasteiger partial charge on any atom is -0.350 e. The first-order valence-corrected chi connectivity index (χ1v) is 7.78. The van der Waals surface area contributed by atoms with Crippen molar-refractivity contribution in [1.82, 2.24) is 15.3 Å². The van der Waals surface area contributed by atoms with E-state index in [1.54, 1.807) is 0 Å². The highest BCUT2D eigenvalue weighted by molar-refractivity contribution is 6.30. The molecule has 9 heteroatoms. The Morgan fingerprint density at radius 2 is 1.96 bits per heavy atom. The average molecular weight is 373 g/mol. The van der Waals surface area contributed by atoms with Gasteiger partial charge in [0, 0.05) is 11.6 Å². The lowest BCUT2D eigenvalue weighted by Gasteiger charge is -2.14. The van der Waals surface area contributed by atoms with Gasteiger partial charge in [-0.05, 0) is 24.1 Å². The zero-order valence-electron chi connectivity index (χ0n) is 13.5. The Morgan fingerprint density at radius 1 is 1.24 bits per heavy atom. The maximum atomic E-state index is 13.1. The molecule has 0 aliphatic rings. The number of carbonyl (C=O) groups excluding carboxylic acids is 1. The lowest BCUT2D eigenvalue weighted by Crippen LogP contribution is -2.28. The summed E-state index contributed by atoms with van der Waals surface area (Å²) in [5, 5.41) is 5.19. The van der Waals surface area contributed by atoms with Gasteiger partial charge < -0.3 is 10.6 Å². The van der Waals surface area contributed by atoms with Crippen LogP contribution in [-0.4, -0.2) is 22.4 Å². The van der Waals surface area contributed by atoms with E-state index < -0.39 is 17.6 Å². The van der Waals surface area contributed by atoms with Crippen molar-refractivity contribution >= 4 is 29.0 Å². The van der Waals surface area contributed by atoms with Crippen molar-refractivity contribution in [3.05, 3.63) is 46.9 Å². The summed E-state index contributed by atoms with van der Waals surface area (Å²) in [6.45, 7) is 4.38. The molecule has 1 amide bonds. The van der Waals surface area contributed by atoms with E-state index in [-0.39, 0.29) is 28.1 Å². The first kappa shape index (κ1) is 19.0. The molecule has 0 saturated heterocycles. The molecule has 5 nitrogen and oxygen atoms in total. The fourth-order valence-electron chi connectivity index (χ4n) is 1.90. The van der Waals surface area contributed by atoms with Gasteiger partial charge in [0.2, 0.25) is 0 Å². The fraction of sp³-hybridized carbons (Fsp3) is 0.312. The second-order valence-corrected chi connectivity index (χ2v) is 6.14. The van der Waals surface area contributed by atoms with Crippen molar-refractivity contribution in [2.75, 3.05) is 11.9 Å². The number of alkyl halides is 3. The van der Waals surface area contributed by atoms with Gasteiger partial charge in [-0.25, -0.2) is 9.97 Å². The Labute approximate surface area is 147 Å². The van der Waals surface area contributed by atoms with Crippen LogP contribution in [0.1, 0.15) is 29.9 Å². The first-order chi connectivity index (χ1) is 11.7. The summed E-state index contributed by atoms with van der Waals surface area (Å²) in [6, 6.07) is 3.36. The Bertz CT molecular complexity index is 748. The number of amides is 1. The molecule has 0 aliphatic carbocycles. The van der Waals surface area contributed by atoms with Gasteiger partial charge in [-0.2, -0.15) is 13.2 Å². The molecule has 1 heterocycles. The Hall–Kier alpha value is -2.35. The Kier molecular flexibility index (Phi) is 5.84. The largest absolute Gasteiger partial charge is 0.418 e. The third kappa shape index (κ3) is 5.32. The van der Waals surface area contributed by atoms with E-state index in [0.717, 1.165) is 6.07 Å². The second-order valence-electron chi connectivity index (χ2n) is 5.70. The predicted molar refractivity (Wildman–Crippen MR) is 88.9 cm³/mol. The SMILES string of the molecule is CC(C)CNC(=O)c1cnc(Nc2ccc(Cl)cc2C(F)(F)F)cn1. The van der Waals surface area contributed by atoms with Gasteiger partial charge >= 0.3 is 6.18 Å². The average Bonchev–Trinajstić information content (AvgIpc) is 2.54. The van der Waals surface area contributed by atoms with Crippen LogP contribution in [0.25, 0.3) is 0 Å². The van der Waals surface area contributed by atoms with Gasteiger partial charge in [0.15, 0.2) is 0 Å². The van der Waals surface area contributed by atoms with E-state index in [9.17, 15) is 18.0 Å². The van der Waals surface area contributed by atoms with Crippen LogP contribution in [0.4, 0.5) is 24.7 Å². The molecule has 0 saturated carbocycles. The Morgan fingerprint density at radius 3 is 2.52 bits per heavy atom. The molecule has 2 aromatic rings. The highest BCUT2D eigenvalue weighted by atomic mass is 35.5. The van der Waals surface area contributed by atoms with Crippen LogP contribution < -0.4 is 10.6 Å². The summed E-state index contributed by atoms with van der Waals surface area (Å²) in [7, 11) is 0. The molecule has 0 bridgehead atoms. The van der Waals surface area contributed by atoms with Crippen molar-refractivity contribution in [2.24, 2.45) is 5.92 Å². The maximum absolute atomic E-state index is 13.1. The molecule has 0 unspecified atom stereocenters. The van der Waals surface area contributed by atoms with Crippen molar-refractivity contribution in [3.8, 4) is 0 Å². The van der Waals surface area contributed by atoms with Gasteiger partial charge in [0.05, 0.1) is 23.6 Å². The van der Waals surface area contributed by atoms with Crippen molar-refractivity contribution < 1.29 is 18.0 Å². The van der Waals surface area contributed by atoms with Gasteiger partial charge in [0.1, 0.15) is 11.5 Å². The number of nitrogens with one attached hydrogen (secondary N) is 2. The number of nitrogens with zero attached hydrogens (tertiary/aromatic N) is 2. The summed E-state index contributed by atoms with van der Waals surface area (Å²) < 4.78 is 39.2. The number of anilines is 2. The van der Waals surface area contributed by atoms with Crippen LogP contribution in [0.3, 0.4) is 0 Å². The number of aromatic nitrogens is 2. The summed E-state index contributed by atoms with van der Waals surface area (Å²) in [4.78, 5) is 19.7. The molecule has 1 aromatic carbocycles. The minimum atomic E-state index is -4.57. The molecule has 0 aliphatic heterocycles. The van der Waals surface area contributed by atoms with Crippen molar-refractivity contribution in [2.45, 2.75) is 20.0 Å². The lowest BCUT2D eigenvalue weighted by atomic mass is 10.1. The molecule has 134 valence electrons. The summed E-state index contributed by atoms with van der Waals surface area (Å²) >= 11 is 5.63. The molecule has 0 atom stereocenters. The highest BCUT2D eigenvalue weighted by Crippen LogP contribution is 2.37. The molecule has 2 N–H and O–H groups in total. The molecule has 0 fully saturated rings. The monoisotopic (exact) mass is 372 g/mol. The van der Waals surface area contributed by atoms with E-state index in [2.05, 4.69) is 20.6 Å². The molecular formula is C16H16ClF3N4O. The third-order valence-corrected chi connectivity index (χ3v) is 3.34. The fourth-order valence-corrected chi connectivity index (χ4v) is 2.07. The van der Waals surface area contributed by atoms with E-state index >= 15 is 0 Å². The maximum Gasteiger partial charge on any atom is 0.418 e. The zero-order chi connectivity index (χ0) is 18.6. The van der Waals surface area contributed by atoms with Crippen LogP contribution in [0.5, 0.6) is 0 Å². The Balaban J connectivity index is 2.16. The normalized spacial score (nSPS) is 11.5. The van der Waals surface area contributed by atoms with E-state index in [1.807, 2.05) is 13.8 Å². The van der Waals surface area contributed by atoms with Crippen LogP contribution in [0.15, 0.2) is 30.6 Å². The smallest absolute Gasteiger partial charge is 0.350 e. The highest BCUT2D eigenvalue weighted by Gasteiger charge is 2.34. The van der Waals surface area contributed by atoms with Crippen LogP contribution >= 0.6 is 11.6 Å². The number of rotatable bonds is 5. The first-order valence-electron chi connectivity index (χ1n) is 7.41. The molecule has 25 heavy (non-hydrogen) atoms. The van der Waals surface area contributed by atoms with Gasteiger partial charge in [0.25, 0.3) is 5.91 Å². The van der Waals surface area contributed by atoms with Crippen molar-refractivity contribution in [3.63, 3.8) is 0 Å². The number of halogens is 4. The van der Waals surface area contributed by atoms with Gasteiger partial charge in [-0.1, -0.05) is 25.4 Å². The summed E-state index contributed by atoms with van der Waals surface area (Å²) in [5.74, 6) is -0.0352. The number of hydrogen-bond acceptors (Lipinski definition) is 4.